The number of hydrogen-bond donors (Lipinski definition) is 1. The zero-order chi connectivity index (χ0) is 21.1. The second-order valence-corrected chi connectivity index (χ2v) is 8.35. The second-order valence-electron chi connectivity index (χ2n) is 6.34. The Morgan fingerprint density at radius 1 is 1.20 bits per heavy atom. The minimum absolute atomic E-state index is 0.0272. The molecule has 0 aliphatic heterocycles. The zero-order valence-corrected chi connectivity index (χ0v) is 17.4. The molecule has 5 nitrogen and oxygen atoms in total. The lowest BCUT2D eigenvalue weighted by molar-refractivity contribution is -0.113. The molecule has 1 amide bonds. The summed E-state index contributed by atoms with van der Waals surface area (Å²) in [6.07, 6.45) is 3.55. The van der Waals surface area contributed by atoms with Crippen molar-refractivity contribution in [2.24, 2.45) is 7.05 Å². The highest BCUT2D eigenvalue weighted by molar-refractivity contribution is 8.00. The maximum Gasteiger partial charge on any atom is 0.236 e. The third-order valence-electron chi connectivity index (χ3n) is 4.20. The summed E-state index contributed by atoms with van der Waals surface area (Å²) < 4.78 is 28.7. The van der Waals surface area contributed by atoms with Crippen LogP contribution in [-0.4, -0.2) is 26.2 Å². The van der Waals surface area contributed by atoms with E-state index < -0.39 is 11.6 Å². The molecule has 4 aromatic rings. The van der Waals surface area contributed by atoms with Crippen LogP contribution in [-0.2, 0) is 11.8 Å². The van der Waals surface area contributed by atoms with Gasteiger partial charge in [0.2, 0.25) is 5.91 Å². The molecule has 4 rings (SSSR count). The molecular formula is C21H16F2N4OS2. The maximum atomic E-state index is 13.8. The van der Waals surface area contributed by atoms with Gasteiger partial charge in [-0.05, 0) is 12.1 Å². The molecule has 0 radical (unpaired) electrons. The van der Waals surface area contributed by atoms with Crippen molar-refractivity contribution in [3.8, 4) is 22.0 Å². The SMILES string of the molecule is Cn1ccnc1-c1sc(NC(=O)CSc2ccc(F)cc2F)nc1-c1ccccc1. The van der Waals surface area contributed by atoms with Crippen molar-refractivity contribution in [3.63, 3.8) is 0 Å². The lowest BCUT2D eigenvalue weighted by Gasteiger charge is -2.03. The van der Waals surface area contributed by atoms with Crippen molar-refractivity contribution in [3.05, 3.63) is 72.6 Å². The average Bonchev–Trinajstić information content (AvgIpc) is 3.33. The minimum atomic E-state index is -0.689. The number of aromatic nitrogens is 3. The van der Waals surface area contributed by atoms with Crippen LogP contribution in [0.5, 0.6) is 0 Å². The van der Waals surface area contributed by atoms with Crippen LogP contribution >= 0.6 is 23.1 Å². The van der Waals surface area contributed by atoms with Gasteiger partial charge in [-0.3, -0.25) is 4.79 Å². The van der Waals surface area contributed by atoms with E-state index in [1.54, 1.807) is 6.20 Å². The van der Waals surface area contributed by atoms with E-state index in [2.05, 4.69) is 15.3 Å². The van der Waals surface area contributed by atoms with E-state index in [0.29, 0.717) is 5.13 Å². The number of aryl methyl sites for hydroxylation is 1. The molecular weight excluding hydrogens is 426 g/mol. The molecule has 0 saturated heterocycles. The fraction of sp³-hybridized carbons (Fsp3) is 0.0952. The topological polar surface area (TPSA) is 59.8 Å². The normalized spacial score (nSPS) is 10.9. The summed E-state index contributed by atoms with van der Waals surface area (Å²) in [4.78, 5) is 22.4. The lowest BCUT2D eigenvalue weighted by Crippen LogP contribution is -2.13. The fourth-order valence-electron chi connectivity index (χ4n) is 2.79. The Morgan fingerprint density at radius 2 is 2.00 bits per heavy atom. The number of nitrogens with one attached hydrogen (secondary N) is 1. The van der Waals surface area contributed by atoms with Gasteiger partial charge in [-0.15, -0.1) is 11.8 Å². The van der Waals surface area contributed by atoms with Gasteiger partial charge in [0.25, 0.3) is 0 Å². The van der Waals surface area contributed by atoms with Crippen LogP contribution < -0.4 is 5.32 Å². The summed E-state index contributed by atoms with van der Waals surface area (Å²) in [7, 11) is 1.89. The zero-order valence-electron chi connectivity index (χ0n) is 15.8. The van der Waals surface area contributed by atoms with Crippen molar-refractivity contribution in [1.29, 1.82) is 0 Å². The molecule has 0 fully saturated rings. The smallest absolute Gasteiger partial charge is 0.236 e. The molecule has 9 heteroatoms. The molecule has 0 saturated carbocycles. The average molecular weight is 443 g/mol. The third-order valence-corrected chi connectivity index (χ3v) is 6.21. The number of imidazole rings is 1. The molecule has 152 valence electrons. The van der Waals surface area contributed by atoms with Gasteiger partial charge in [0.1, 0.15) is 11.6 Å². The van der Waals surface area contributed by atoms with E-state index in [-0.39, 0.29) is 16.6 Å². The number of rotatable bonds is 6. The molecule has 0 unspecified atom stereocenters. The largest absolute Gasteiger partial charge is 0.333 e. The number of nitrogens with zero attached hydrogens (tertiary/aromatic N) is 3. The van der Waals surface area contributed by atoms with E-state index in [0.717, 1.165) is 45.9 Å². The van der Waals surface area contributed by atoms with Crippen LogP contribution in [0.15, 0.2) is 65.8 Å². The van der Waals surface area contributed by atoms with Crippen LogP contribution in [0.1, 0.15) is 0 Å². The van der Waals surface area contributed by atoms with Gasteiger partial charge < -0.3 is 9.88 Å². The Hall–Kier alpha value is -3.04. The van der Waals surface area contributed by atoms with Crippen LogP contribution in [0.25, 0.3) is 22.0 Å². The van der Waals surface area contributed by atoms with E-state index in [1.165, 1.54) is 17.4 Å². The Labute approximate surface area is 179 Å². The van der Waals surface area contributed by atoms with Gasteiger partial charge in [-0.25, -0.2) is 18.7 Å². The van der Waals surface area contributed by atoms with Crippen LogP contribution in [0.2, 0.25) is 0 Å². The first-order chi connectivity index (χ1) is 14.5. The van der Waals surface area contributed by atoms with E-state index in [9.17, 15) is 13.6 Å². The van der Waals surface area contributed by atoms with E-state index >= 15 is 0 Å². The highest BCUT2D eigenvalue weighted by Gasteiger charge is 2.19. The van der Waals surface area contributed by atoms with Gasteiger partial charge in [0.05, 0.1) is 16.3 Å². The number of carbonyl (C=O) groups is 1. The monoisotopic (exact) mass is 442 g/mol. The van der Waals surface area contributed by atoms with Gasteiger partial charge >= 0.3 is 0 Å². The Morgan fingerprint density at radius 3 is 2.70 bits per heavy atom. The number of anilines is 1. The number of hydrogen-bond acceptors (Lipinski definition) is 5. The summed E-state index contributed by atoms with van der Waals surface area (Å²) in [5.74, 6) is -0.955. The summed E-state index contributed by atoms with van der Waals surface area (Å²) in [5.41, 5.74) is 1.64. The summed E-state index contributed by atoms with van der Waals surface area (Å²) in [5, 5.41) is 3.20. The van der Waals surface area contributed by atoms with Crippen LogP contribution in [0, 0.1) is 11.6 Å². The van der Waals surface area contributed by atoms with Crippen molar-refractivity contribution < 1.29 is 13.6 Å². The summed E-state index contributed by atoms with van der Waals surface area (Å²) >= 11 is 2.32. The van der Waals surface area contributed by atoms with Gasteiger partial charge in [-0.1, -0.05) is 41.7 Å². The molecule has 2 heterocycles. The second kappa shape index (κ2) is 8.76. The highest BCUT2D eigenvalue weighted by atomic mass is 32.2. The first-order valence-electron chi connectivity index (χ1n) is 8.93. The molecule has 1 N–H and O–H groups in total. The Kier molecular flexibility index (Phi) is 5.91. The Balaban J connectivity index is 1.55. The van der Waals surface area contributed by atoms with Crippen molar-refractivity contribution in [2.45, 2.75) is 4.90 Å². The third kappa shape index (κ3) is 4.42. The summed E-state index contributed by atoms with van der Waals surface area (Å²) in [6, 6.07) is 12.9. The number of amides is 1. The van der Waals surface area contributed by atoms with Gasteiger partial charge in [0.15, 0.2) is 11.0 Å². The van der Waals surface area contributed by atoms with Gasteiger partial charge in [-0.2, -0.15) is 0 Å². The van der Waals surface area contributed by atoms with Gasteiger partial charge in [0, 0.05) is 36.0 Å². The van der Waals surface area contributed by atoms with Crippen molar-refractivity contribution in [2.75, 3.05) is 11.1 Å². The molecule has 30 heavy (non-hydrogen) atoms. The van der Waals surface area contributed by atoms with Crippen LogP contribution in [0.4, 0.5) is 13.9 Å². The quantitative estimate of drug-likeness (QED) is 0.416. The Bertz CT molecular complexity index is 1190. The van der Waals surface area contributed by atoms with E-state index in [4.69, 9.17) is 0 Å². The number of thioether (sulfide) groups is 1. The van der Waals surface area contributed by atoms with Crippen LogP contribution in [0.3, 0.4) is 0 Å². The molecule has 2 aromatic carbocycles. The predicted molar refractivity (Wildman–Crippen MR) is 115 cm³/mol. The van der Waals surface area contributed by atoms with Crippen molar-refractivity contribution >= 4 is 34.1 Å². The van der Waals surface area contributed by atoms with E-state index in [1.807, 2.05) is 48.1 Å². The summed E-state index contributed by atoms with van der Waals surface area (Å²) in [6.45, 7) is 0. The molecule has 0 aliphatic rings. The highest BCUT2D eigenvalue weighted by Crippen LogP contribution is 2.38. The minimum Gasteiger partial charge on any atom is -0.333 e. The predicted octanol–water partition coefficient (Wildman–Crippen LogP) is 5.22. The number of carbonyl (C=O) groups excluding carboxylic acids is 1. The number of benzene rings is 2. The number of halogens is 2. The molecule has 2 aromatic heterocycles. The standard InChI is InChI=1S/C21H16F2N4OS2/c1-27-10-9-24-20(27)19-18(13-5-3-2-4-6-13)26-21(30-19)25-17(28)12-29-16-8-7-14(22)11-15(16)23/h2-11H,12H2,1H3,(H,25,26,28). The first kappa shape index (κ1) is 20.2. The molecule has 0 aliphatic carbocycles. The first-order valence-corrected chi connectivity index (χ1v) is 10.7. The molecule has 0 atom stereocenters. The number of thiazole rings is 1. The maximum absolute atomic E-state index is 13.8. The molecule has 0 spiro atoms. The fourth-order valence-corrected chi connectivity index (χ4v) is 4.56. The lowest BCUT2D eigenvalue weighted by atomic mass is 10.1. The van der Waals surface area contributed by atoms with Crippen molar-refractivity contribution in [1.82, 2.24) is 14.5 Å². The molecule has 0 bridgehead atoms.